The Bertz CT molecular complexity index is 2330. The number of hydrogen-bond donors (Lipinski definition) is 2. The third-order valence-electron chi connectivity index (χ3n) is 10.2. The van der Waals surface area contributed by atoms with Gasteiger partial charge in [0.2, 0.25) is 11.8 Å². The van der Waals surface area contributed by atoms with Gasteiger partial charge in [-0.1, -0.05) is 41.9 Å². The second-order valence-corrected chi connectivity index (χ2v) is 13.8. The first-order chi connectivity index (χ1) is 24.9. The van der Waals surface area contributed by atoms with Gasteiger partial charge in [-0.15, -0.1) is 0 Å². The Balaban J connectivity index is 1.12. The van der Waals surface area contributed by atoms with Crippen LogP contribution < -0.4 is 20.9 Å². The van der Waals surface area contributed by atoms with Crippen molar-refractivity contribution in [3.63, 3.8) is 0 Å². The van der Waals surface area contributed by atoms with E-state index < -0.39 is 17.4 Å². The lowest BCUT2D eigenvalue weighted by Gasteiger charge is -2.53. The summed E-state index contributed by atoms with van der Waals surface area (Å²) in [6.45, 7) is 3.81. The highest BCUT2D eigenvalue weighted by Gasteiger charge is 2.50. The van der Waals surface area contributed by atoms with Crippen LogP contribution in [0.1, 0.15) is 34.8 Å². The number of aromatic nitrogens is 4. The van der Waals surface area contributed by atoms with Gasteiger partial charge in [-0.25, -0.2) is 14.6 Å². The average Bonchev–Trinajstić information content (AvgIpc) is 3.53. The highest BCUT2D eigenvalue weighted by atomic mass is 35.5. The van der Waals surface area contributed by atoms with Crippen molar-refractivity contribution in [3.05, 3.63) is 92.5 Å². The number of pyridine rings is 2. The van der Waals surface area contributed by atoms with Gasteiger partial charge >= 0.3 is 6.18 Å². The van der Waals surface area contributed by atoms with Crippen molar-refractivity contribution in [2.24, 2.45) is 7.05 Å². The van der Waals surface area contributed by atoms with Crippen molar-refractivity contribution in [3.8, 4) is 28.3 Å². The molecule has 0 radical (unpaired) electrons. The van der Waals surface area contributed by atoms with E-state index in [4.69, 9.17) is 26.1 Å². The number of methoxy groups -OCH3 is 1. The maximum atomic E-state index is 13.8. The molecule has 1 atom stereocenters. The number of benzene rings is 2. The molecule has 5 aromatic rings. The Morgan fingerprint density at radius 3 is 2.56 bits per heavy atom. The lowest BCUT2D eigenvalue weighted by atomic mass is 9.89. The summed E-state index contributed by atoms with van der Waals surface area (Å²) >= 11 is 7.16. The second kappa shape index (κ2) is 12.6. The maximum absolute atomic E-state index is 13.8. The molecule has 0 saturated carbocycles. The molecule has 1 amide bonds. The molecule has 0 bridgehead atoms. The van der Waals surface area contributed by atoms with Crippen molar-refractivity contribution in [1.29, 1.82) is 0 Å². The zero-order chi connectivity index (χ0) is 36.5. The monoisotopic (exact) mass is 731 g/mol. The lowest BCUT2D eigenvalue weighted by Crippen LogP contribution is -2.70. The highest BCUT2D eigenvalue weighted by molar-refractivity contribution is 6.36. The number of ether oxygens (including phenoxy) is 2. The third kappa shape index (κ3) is 5.74. The molecule has 11 nitrogen and oxygen atoms in total. The van der Waals surface area contributed by atoms with E-state index in [1.807, 2.05) is 31.2 Å². The van der Waals surface area contributed by atoms with Gasteiger partial charge in [-0.05, 0) is 54.7 Å². The fraction of sp³-hybridized carbons (Fsp3) is 0.324. The first kappa shape index (κ1) is 34.1. The van der Waals surface area contributed by atoms with E-state index in [0.29, 0.717) is 58.6 Å². The maximum Gasteiger partial charge on any atom is 0.433 e. The number of nitrogens with one attached hydrogen (secondary N) is 2. The molecular weight excluding hydrogens is 699 g/mol. The molecule has 52 heavy (non-hydrogen) atoms. The fourth-order valence-corrected chi connectivity index (χ4v) is 7.88. The van der Waals surface area contributed by atoms with Crippen LogP contribution in [0.2, 0.25) is 5.02 Å². The number of carbonyl (C=O) groups excluding carboxylic acids is 1. The van der Waals surface area contributed by atoms with Crippen molar-refractivity contribution in [2.75, 3.05) is 38.7 Å². The quantitative estimate of drug-likeness (QED) is 0.217. The van der Waals surface area contributed by atoms with Gasteiger partial charge in [0.05, 0.1) is 29.4 Å². The molecule has 5 heterocycles. The minimum Gasteiger partial charge on any atom is -0.481 e. The van der Waals surface area contributed by atoms with Gasteiger partial charge in [0.15, 0.2) is 0 Å². The number of likely N-dealkylation sites (tertiary alicyclic amines) is 1. The predicted molar refractivity (Wildman–Crippen MR) is 189 cm³/mol. The number of amides is 1. The number of alkyl halides is 3. The largest absolute Gasteiger partial charge is 0.481 e. The molecule has 268 valence electrons. The molecule has 3 aliphatic rings. The molecule has 8 rings (SSSR count). The summed E-state index contributed by atoms with van der Waals surface area (Å²) in [7, 11) is 3.03. The van der Waals surface area contributed by atoms with Gasteiger partial charge in [-0.3, -0.25) is 14.5 Å². The van der Waals surface area contributed by atoms with Gasteiger partial charge in [0, 0.05) is 60.5 Å². The molecule has 2 fully saturated rings. The topological polar surface area (TPSA) is 124 Å². The van der Waals surface area contributed by atoms with E-state index in [0.717, 1.165) is 40.3 Å². The Kier molecular flexibility index (Phi) is 8.23. The van der Waals surface area contributed by atoms with Gasteiger partial charge in [-0.2, -0.15) is 18.3 Å². The van der Waals surface area contributed by atoms with Crippen molar-refractivity contribution in [2.45, 2.75) is 37.6 Å². The summed E-state index contributed by atoms with van der Waals surface area (Å²) in [5.41, 5.74) is 3.96. The normalized spacial score (nSPS) is 18.3. The van der Waals surface area contributed by atoms with Crippen LogP contribution in [0.25, 0.3) is 33.2 Å². The fourth-order valence-electron chi connectivity index (χ4n) is 7.56. The molecule has 1 aliphatic carbocycles. The smallest absolute Gasteiger partial charge is 0.433 e. The summed E-state index contributed by atoms with van der Waals surface area (Å²) in [5.74, 6) is 0.204. The molecule has 2 aliphatic heterocycles. The predicted octanol–water partition coefficient (Wildman–Crippen LogP) is 5.98. The minimum atomic E-state index is -4.74. The highest BCUT2D eigenvalue weighted by Crippen LogP contribution is 2.47. The number of morpholine rings is 1. The van der Waals surface area contributed by atoms with Crippen LogP contribution >= 0.6 is 11.6 Å². The number of rotatable bonds is 6. The minimum absolute atomic E-state index is 0.0152. The number of halogens is 4. The number of hydrogen-bond acceptors (Lipinski definition) is 9. The summed E-state index contributed by atoms with van der Waals surface area (Å²) < 4.78 is 54.3. The standard InChI is InChI=1S/C37H33ClF3N7O4/c1-19-22(6-5-9-25(19)44-33-31-21(14-43-47(2)35(31)50)13-28(46-33)37(39,40)41)23-7-4-8-24(32(23)38)26-12-20-10-11-27(30(20)34(45-26)51-3)48-17-36(18-48)16-42-29(49)15-52-36/h4-9,12-14,27H,10-11,15-18H2,1-3H3,(H,42,49)(H,44,46). The van der Waals surface area contributed by atoms with Gasteiger partial charge < -0.3 is 20.1 Å². The molecule has 3 aromatic heterocycles. The Hall–Kier alpha value is -5.05. The van der Waals surface area contributed by atoms with Crippen molar-refractivity contribution < 1.29 is 27.4 Å². The zero-order valence-corrected chi connectivity index (χ0v) is 29.2. The SMILES string of the molecule is COc1nc(-c2cccc(-c3cccc(Nc4nc(C(F)(F)F)cc5cnn(C)c(=O)c45)c3C)c2Cl)cc2c1C(N1CC3(CNC(=O)CO3)C1)CC2. The lowest BCUT2D eigenvalue weighted by molar-refractivity contribution is -0.179. The van der Waals surface area contributed by atoms with E-state index in [1.165, 1.54) is 13.2 Å². The number of carbonyl (C=O) groups is 1. The number of aryl methyl sites for hydroxylation is 2. The van der Waals surface area contributed by atoms with Crippen molar-refractivity contribution >= 4 is 39.8 Å². The molecule has 1 spiro atoms. The Morgan fingerprint density at radius 1 is 1.08 bits per heavy atom. The van der Waals surface area contributed by atoms with Crippen LogP contribution in [0.4, 0.5) is 24.7 Å². The van der Waals surface area contributed by atoms with Crippen LogP contribution in [0.15, 0.2) is 59.5 Å². The van der Waals surface area contributed by atoms with E-state index in [1.54, 1.807) is 19.2 Å². The Morgan fingerprint density at radius 2 is 1.83 bits per heavy atom. The van der Waals surface area contributed by atoms with E-state index in [2.05, 4.69) is 31.7 Å². The van der Waals surface area contributed by atoms with Crippen LogP contribution in [-0.2, 0) is 29.2 Å². The molecular formula is C37H33ClF3N7O4. The molecule has 1 unspecified atom stereocenters. The molecule has 2 saturated heterocycles. The number of anilines is 2. The zero-order valence-electron chi connectivity index (χ0n) is 28.4. The van der Waals surface area contributed by atoms with E-state index >= 15 is 0 Å². The van der Waals surface area contributed by atoms with Crippen LogP contribution in [0.3, 0.4) is 0 Å². The molecule has 15 heteroatoms. The molecule has 2 N–H and O–H groups in total. The summed E-state index contributed by atoms with van der Waals surface area (Å²) in [5, 5.41) is 10.3. The average molecular weight is 732 g/mol. The van der Waals surface area contributed by atoms with Crippen LogP contribution in [0.5, 0.6) is 5.88 Å². The van der Waals surface area contributed by atoms with Crippen LogP contribution in [-0.4, -0.2) is 69.5 Å². The Labute approximate surface area is 300 Å². The van der Waals surface area contributed by atoms with Gasteiger partial charge in [0.1, 0.15) is 23.7 Å². The first-order valence-corrected chi connectivity index (χ1v) is 17.1. The number of fused-ring (bicyclic) bond motifs is 2. The first-order valence-electron chi connectivity index (χ1n) is 16.7. The van der Waals surface area contributed by atoms with E-state index in [-0.39, 0.29) is 40.7 Å². The number of nitrogens with zero attached hydrogens (tertiary/aromatic N) is 5. The van der Waals surface area contributed by atoms with Gasteiger partial charge in [0.25, 0.3) is 5.56 Å². The van der Waals surface area contributed by atoms with Crippen LogP contribution in [0, 0.1) is 6.92 Å². The second-order valence-electron chi connectivity index (χ2n) is 13.5. The summed E-state index contributed by atoms with van der Waals surface area (Å²) in [6.07, 6.45) is -1.81. The van der Waals surface area contributed by atoms with E-state index in [9.17, 15) is 22.8 Å². The molecule has 2 aromatic carbocycles. The third-order valence-corrected chi connectivity index (χ3v) is 10.6. The summed E-state index contributed by atoms with van der Waals surface area (Å²) in [6, 6.07) is 13.9. The summed E-state index contributed by atoms with van der Waals surface area (Å²) in [4.78, 5) is 35.8. The van der Waals surface area contributed by atoms with Crippen molar-refractivity contribution in [1.82, 2.24) is 30.0 Å².